The van der Waals surface area contributed by atoms with E-state index in [0.717, 1.165) is 12.8 Å². The van der Waals surface area contributed by atoms with Crippen molar-refractivity contribution in [2.45, 2.75) is 52.2 Å². The van der Waals surface area contributed by atoms with E-state index < -0.39 is 14.6 Å². The summed E-state index contributed by atoms with van der Waals surface area (Å²) in [7, 11) is -3.06. The zero-order valence-electron chi connectivity index (χ0n) is 12.4. The Hall–Kier alpha value is -0.130. The van der Waals surface area contributed by atoms with Crippen molar-refractivity contribution >= 4 is 9.84 Å². The molecule has 18 heavy (non-hydrogen) atoms. The van der Waals surface area contributed by atoms with Crippen LogP contribution in [0.25, 0.3) is 0 Å². The molecule has 2 N–H and O–H groups in total. The first-order valence-corrected chi connectivity index (χ1v) is 8.33. The van der Waals surface area contributed by atoms with Crippen molar-refractivity contribution in [3.05, 3.63) is 0 Å². The van der Waals surface area contributed by atoms with E-state index >= 15 is 0 Å². The predicted molar refractivity (Wildman–Crippen MR) is 76.5 cm³/mol. The summed E-state index contributed by atoms with van der Waals surface area (Å²) in [5.74, 6) is 0.144. The first kappa shape index (κ1) is 17.9. The lowest BCUT2D eigenvalue weighted by atomic mass is 9.83. The van der Waals surface area contributed by atoms with Gasteiger partial charge in [-0.3, -0.25) is 0 Å². The summed E-state index contributed by atoms with van der Waals surface area (Å²) in [4.78, 5) is 0. The van der Waals surface area contributed by atoms with E-state index in [0.29, 0.717) is 13.1 Å². The minimum absolute atomic E-state index is 0.120. The van der Waals surface area contributed by atoms with Crippen LogP contribution in [0.15, 0.2) is 0 Å². The van der Waals surface area contributed by atoms with Crippen LogP contribution in [-0.2, 0) is 9.84 Å². The monoisotopic (exact) mass is 279 g/mol. The van der Waals surface area contributed by atoms with Gasteiger partial charge in [-0.05, 0) is 33.6 Å². The molecule has 0 radical (unpaired) electrons. The van der Waals surface area contributed by atoms with Crippen molar-refractivity contribution in [1.29, 1.82) is 0 Å². The second kappa shape index (κ2) is 6.87. The number of aliphatic hydroxyl groups excluding tert-OH is 1. The van der Waals surface area contributed by atoms with Gasteiger partial charge in [0.05, 0.1) is 10.5 Å². The Morgan fingerprint density at radius 2 is 1.61 bits per heavy atom. The molecule has 0 spiro atoms. The number of sulfone groups is 1. The molecule has 0 rings (SSSR count). The molecule has 0 atom stereocenters. The molecule has 0 saturated carbocycles. The van der Waals surface area contributed by atoms with Crippen LogP contribution in [0.1, 0.15) is 47.5 Å². The third-order valence-corrected chi connectivity index (χ3v) is 6.42. The Kier molecular flexibility index (Phi) is 6.82. The largest absolute Gasteiger partial charge is 0.396 e. The Morgan fingerprint density at radius 1 is 1.11 bits per heavy atom. The highest BCUT2D eigenvalue weighted by Gasteiger charge is 2.29. The number of aliphatic hydroxyl groups is 1. The average Bonchev–Trinajstić information content (AvgIpc) is 2.29. The van der Waals surface area contributed by atoms with Crippen LogP contribution in [-0.4, -0.2) is 43.7 Å². The molecule has 0 aliphatic rings. The standard InChI is InChI=1S/C13H29NO3S/c1-6-13(7-2,11-15)10-14-8-9-18(16,17)12(3,4)5/h14-15H,6-11H2,1-5H3. The van der Waals surface area contributed by atoms with Crippen LogP contribution in [0.5, 0.6) is 0 Å². The molecule has 0 bridgehead atoms. The number of hydrogen-bond donors (Lipinski definition) is 2. The summed E-state index contributed by atoms with van der Waals surface area (Å²) in [5, 5.41) is 12.6. The highest BCUT2D eigenvalue weighted by atomic mass is 32.2. The molecule has 0 saturated heterocycles. The molecule has 0 aliphatic heterocycles. The zero-order chi connectivity index (χ0) is 14.4. The molecular weight excluding hydrogens is 250 g/mol. The van der Waals surface area contributed by atoms with Crippen LogP contribution >= 0.6 is 0 Å². The van der Waals surface area contributed by atoms with Gasteiger partial charge in [0, 0.05) is 25.1 Å². The normalized spacial score (nSPS) is 13.9. The lowest BCUT2D eigenvalue weighted by Gasteiger charge is -2.30. The Morgan fingerprint density at radius 3 is 1.94 bits per heavy atom. The van der Waals surface area contributed by atoms with Gasteiger partial charge in [0.15, 0.2) is 9.84 Å². The van der Waals surface area contributed by atoms with Crippen LogP contribution < -0.4 is 5.32 Å². The van der Waals surface area contributed by atoms with Crippen molar-refractivity contribution in [3.63, 3.8) is 0 Å². The third-order valence-electron chi connectivity index (χ3n) is 3.82. The van der Waals surface area contributed by atoms with E-state index in [-0.39, 0.29) is 17.8 Å². The van der Waals surface area contributed by atoms with E-state index in [9.17, 15) is 13.5 Å². The molecule has 110 valence electrons. The molecule has 0 aromatic heterocycles. The smallest absolute Gasteiger partial charge is 0.156 e. The van der Waals surface area contributed by atoms with E-state index in [1.807, 2.05) is 13.8 Å². The fourth-order valence-corrected chi connectivity index (χ4v) is 2.67. The molecule has 0 aliphatic carbocycles. The molecular formula is C13H29NO3S. The minimum atomic E-state index is -3.06. The van der Waals surface area contributed by atoms with Gasteiger partial charge in [-0.15, -0.1) is 0 Å². The minimum Gasteiger partial charge on any atom is -0.396 e. The van der Waals surface area contributed by atoms with Gasteiger partial charge in [-0.1, -0.05) is 13.8 Å². The van der Waals surface area contributed by atoms with E-state index in [1.165, 1.54) is 0 Å². The summed E-state index contributed by atoms with van der Waals surface area (Å²) >= 11 is 0. The summed E-state index contributed by atoms with van der Waals surface area (Å²) < 4.78 is 23.1. The van der Waals surface area contributed by atoms with E-state index in [2.05, 4.69) is 5.32 Å². The first-order chi connectivity index (χ1) is 8.14. The molecule has 0 aromatic carbocycles. The lowest BCUT2D eigenvalue weighted by Crippen LogP contribution is -2.40. The van der Waals surface area contributed by atoms with Gasteiger partial charge < -0.3 is 10.4 Å². The maximum absolute atomic E-state index is 11.9. The highest BCUT2D eigenvalue weighted by molar-refractivity contribution is 7.92. The van der Waals surface area contributed by atoms with Crippen molar-refractivity contribution in [3.8, 4) is 0 Å². The van der Waals surface area contributed by atoms with Crippen LogP contribution in [0.2, 0.25) is 0 Å². The number of rotatable bonds is 8. The Bertz CT molecular complexity index is 318. The van der Waals surface area contributed by atoms with Crippen molar-refractivity contribution in [2.75, 3.05) is 25.4 Å². The Balaban J connectivity index is 4.23. The molecule has 0 amide bonds. The van der Waals surface area contributed by atoms with Crippen molar-refractivity contribution in [2.24, 2.45) is 5.41 Å². The molecule has 0 unspecified atom stereocenters. The van der Waals surface area contributed by atoms with Crippen LogP contribution in [0.4, 0.5) is 0 Å². The fraction of sp³-hybridized carbons (Fsp3) is 1.00. The predicted octanol–water partition coefficient (Wildman–Crippen LogP) is 1.59. The molecule has 4 nitrogen and oxygen atoms in total. The lowest BCUT2D eigenvalue weighted by molar-refractivity contribution is 0.114. The second-order valence-electron chi connectivity index (χ2n) is 5.97. The van der Waals surface area contributed by atoms with Gasteiger partial charge in [0.25, 0.3) is 0 Å². The van der Waals surface area contributed by atoms with Crippen LogP contribution in [0, 0.1) is 5.41 Å². The SMILES string of the molecule is CCC(CC)(CO)CNCCS(=O)(=O)C(C)(C)C. The van der Waals surface area contributed by atoms with Crippen LogP contribution in [0.3, 0.4) is 0 Å². The fourth-order valence-electron chi connectivity index (χ4n) is 1.65. The van der Waals surface area contributed by atoms with Gasteiger partial charge >= 0.3 is 0 Å². The third kappa shape index (κ3) is 4.86. The van der Waals surface area contributed by atoms with Crippen molar-refractivity contribution in [1.82, 2.24) is 5.32 Å². The van der Waals surface area contributed by atoms with Gasteiger partial charge in [-0.25, -0.2) is 8.42 Å². The topological polar surface area (TPSA) is 66.4 Å². The number of nitrogens with one attached hydrogen (secondary N) is 1. The second-order valence-corrected chi connectivity index (χ2v) is 8.84. The van der Waals surface area contributed by atoms with Gasteiger partial charge in [0.1, 0.15) is 0 Å². The van der Waals surface area contributed by atoms with Gasteiger partial charge in [0.2, 0.25) is 0 Å². The molecule has 0 fully saturated rings. The van der Waals surface area contributed by atoms with E-state index in [4.69, 9.17) is 0 Å². The summed E-state index contributed by atoms with van der Waals surface area (Å²) in [6.45, 7) is 10.5. The highest BCUT2D eigenvalue weighted by Crippen LogP contribution is 2.24. The molecule has 0 aromatic rings. The maximum Gasteiger partial charge on any atom is 0.156 e. The maximum atomic E-state index is 11.9. The van der Waals surface area contributed by atoms with Gasteiger partial charge in [-0.2, -0.15) is 0 Å². The Labute approximate surface area is 112 Å². The molecule has 0 heterocycles. The summed E-state index contributed by atoms with van der Waals surface area (Å²) in [5.41, 5.74) is -0.120. The first-order valence-electron chi connectivity index (χ1n) is 6.68. The van der Waals surface area contributed by atoms with E-state index in [1.54, 1.807) is 20.8 Å². The summed E-state index contributed by atoms with van der Waals surface area (Å²) in [6.07, 6.45) is 1.78. The molecule has 5 heteroatoms. The summed E-state index contributed by atoms with van der Waals surface area (Å²) in [6, 6.07) is 0. The quantitative estimate of drug-likeness (QED) is 0.662. The number of hydrogen-bond acceptors (Lipinski definition) is 4. The average molecular weight is 279 g/mol. The zero-order valence-corrected chi connectivity index (χ0v) is 13.2. The van der Waals surface area contributed by atoms with Crippen molar-refractivity contribution < 1.29 is 13.5 Å².